The van der Waals surface area contributed by atoms with Crippen molar-refractivity contribution in [3.05, 3.63) is 65.7 Å². The molecule has 2 aromatic carbocycles. The Morgan fingerprint density at radius 1 is 1.05 bits per heavy atom. The van der Waals surface area contributed by atoms with Crippen LogP contribution in [-0.4, -0.2) is 25.6 Å². The Hall–Kier alpha value is -2.51. The number of fused-ring (bicyclic) bond motifs is 1. The molecule has 0 spiro atoms. The van der Waals surface area contributed by atoms with Gasteiger partial charge in [0, 0.05) is 11.1 Å². The zero-order valence-electron chi connectivity index (χ0n) is 11.3. The van der Waals surface area contributed by atoms with Crippen LogP contribution in [0, 0.1) is 0 Å². The van der Waals surface area contributed by atoms with E-state index < -0.39 is 21.7 Å². The molecule has 0 fully saturated rings. The zero-order chi connectivity index (χ0) is 15.8. The van der Waals surface area contributed by atoms with Crippen molar-refractivity contribution >= 4 is 22.1 Å². The highest BCUT2D eigenvalue weighted by molar-refractivity contribution is 7.90. The Morgan fingerprint density at radius 2 is 1.68 bits per heavy atom. The van der Waals surface area contributed by atoms with E-state index in [0.29, 0.717) is 5.56 Å². The molecule has 112 valence electrons. The minimum atomic E-state index is -3.86. The average Bonchev–Trinajstić information content (AvgIpc) is 2.53. The Labute approximate surface area is 127 Å². The van der Waals surface area contributed by atoms with Gasteiger partial charge in [0.05, 0.1) is 11.1 Å². The summed E-state index contributed by atoms with van der Waals surface area (Å²) in [5, 5.41) is 13.1. The van der Waals surface area contributed by atoms with Crippen LogP contribution in [0.2, 0.25) is 0 Å². The molecule has 1 heterocycles. The molecule has 2 aromatic rings. The summed E-state index contributed by atoms with van der Waals surface area (Å²) in [4.78, 5) is 12.1. The molecule has 6 nitrogen and oxygen atoms in total. The van der Waals surface area contributed by atoms with Crippen LogP contribution in [0.1, 0.15) is 15.9 Å². The Balaban J connectivity index is 2.02. The van der Waals surface area contributed by atoms with E-state index in [4.69, 9.17) is 0 Å². The fourth-order valence-corrected chi connectivity index (χ4v) is 3.37. The van der Waals surface area contributed by atoms with Gasteiger partial charge in [0.15, 0.2) is 0 Å². The molecule has 7 heteroatoms. The van der Waals surface area contributed by atoms with Gasteiger partial charge in [-0.25, -0.2) is 0 Å². The maximum Gasteiger partial charge on any atom is 0.282 e. The molecular weight excluding hydrogens is 304 g/mol. The van der Waals surface area contributed by atoms with Crippen molar-refractivity contribution in [3.8, 4) is 0 Å². The highest BCUT2D eigenvalue weighted by atomic mass is 32.2. The first kappa shape index (κ1) is 14.4. The minimum Gasteiger partial charge on any atom is -0.362 e. The lowest BCUT2D eigenvalue weighted by Crippen LogP contribution is -2.49. The molecule has 1 atom stereocenters. The molecule has 1 aliphatic rings. The first-order chi connectivity index (χ1) is 10.4. The molecule has 1 unspecified atom stereocenters. The summed E-state index contributed by atoms with van der Waals surface area (Å²) in [6.07, 6.45) is 0.825. The first-order valence-electron chi connectivity index (χ1n) is 6.43. The van der Waals surface area contributed by atoms with Gasteiger partial charge < -0.3 is 10.4 Å². The third-order valence-corrected chi connectivity index (χ3v) is 4.59. The van der Waals surface area contributed by atoms with E-state index in [1.807, 2.05) is 0 Å². The molecule has 22 heavy (non-hydrogen) atoms. The van der Waals surface area contributed by atoms with Gasteiger partial charge in [-0.05, 0) is 18.2 Å². The van der Waals surface area contributed by atoms with E-state index in [1.54, 1.807) is 36.4 Å². The van der Waals surface area contributed by atoms with Gasteiger partial charge in [0.25, 0.3) is 15.9 Å². The molecule has 1 aliphatic heterocycles. The smallest absolute Gasteiger partial charge is 0.282 e. The molecule has 3 rings (SSSR count). The normalized spacial score (nSPS) is 21.9. The Morgan fingerprint density at radius 3 is 2.41 bits per heavy atom. The summed E-state index contributed by atoms with van der Waals surface area (Å²) in [7, 11) is -3.86. The number of carbonyl (C=O) groups excluding carboxylic acids is 1. The third kappa shape index (κ3) is 2.40. The summed E-state index contributed by atoms with van der Waals surface area (Å²) >= 11 is 0. The fourth-order valence-electron chi connectivity index (χ4n) is 2.21. The van der Waals surface area contributed by atoms with E-state index in [2.05, 4.69) is 9.71 Å². The monoisotopic (exact) mass is 316 g/mol. The molecule has 2 N–H and O–H groups in total. The number of nitrogens with one attached hydrogen (secondary N) is 1. The maximum absolute atomic E-state index is 12.2. The summed E-state index contributed by atoms with van der Waals surface area (Å²) < 4.78 is 27.2. The minimum absolute atomic E-state index is 0.0641. The van der Waals surface area contributed by atoms with Crippen molar-refractivity contribution in [1.29, 1.82) is 0 Å². The molecule has 0 aliphatic carbocycles. The van der Waals surface area contributed by atoms with Crippen molar-refractivity contribution in [2.75, 3.05) is 0 Å². The standard InChI is InChI=1S/C15H12N2O4S/c18-14(11-6-2-1-3-7-11)17-15(19)10-16-22(20,21)13-9-5-4-8-12(13)15/h1-10,19H,(H,17,18). The van der Waals surface area contributed by atoms with Gasteiger partial charge in [-0.15, -0.1) is 0 Å². The van der Waals surface area contributed by atoms with Crippen LogP contribution < -0.4 is 5.32 Å². The van der Waals surface area contributed by atoms with E-state index >= 15 is 0 Å². The van der Waals surface area contributed by atoms with E-state index in [-0.39, 0.29) is 10.5 Å². The highest BCUT2D eigenvalue weighted by Crippen LogP contribution is 2.30. The number of aliphatic hydroxyl groups is 1. The lowest BCUT2D eigenvalue weighted by Gasteiger charge is -2.29. The predicted octanol–water partition coefficient (Wildman–Crippen LogP) is 1.03. The topological polar surface area (TPSA) is 95.8 Å². The van der Waals surface area contributed by atoms with E-state index in [1.165, 1.54) is 18.2 Å². The van der Waals surface area contributed by atoms with Crippen molar-refractivity contribution in [2.24, 2.45) is 4.40 Å². The lowest BCUT2D eigenvalue weighted by atomic mass is 10.0. The van der Waals surface area contributed by atoms with Gasteiger partial charge in [0.2, 0.25) is 5.72 Å². The van der Waals surface area contributed by atoms with Crippen LogP contribution in [0.3, 0.4) is 0 Å². The number of nitrogens with zero attached hydrogens (tertiary/aromatic N) is 1. The number of amides is 1. The average molecular weight is 316 g/mol. The number of rotatable bonds is 2. The van der Waals surface area contributed by atoms with Crippen LogP contribution in [-0.2, 0) is 15.7 Å². The predicted molar refractivity (Wildman–Crippen MR) is 79.9 cm³/mol. The SMILES string of the molecule is O=C(NC1(O)C=NS(=O)(=O)c2ccccc21)c1ccccc1. The Kier molecular flexibility index (Phi) is 3.31. The van der Waals surface area contributed by atoms with Gasteiger partial charge in [-0.3, -0.25) is 4.79 Å². The van der Waals surface area contributed by atoms with Crippen molar-refractivity contribution in [3.63, 3.8) is 0 Å². The maximum atomic E-state index is 12.2. The lowest BCUT2D eigenvalue weighted by molar-refractivity contribution is 0.0559. The number of carbonyl (C=O) groups is 1. The number of benzene rings is 2. The molecule has 1 amide bonds. The van der Waals surface area contributed by atoms with E-state index in [9.17, 15) is 18.3 Å². The fraction of sp³-hybridized carbons (Fsp3) is 0.0667. The first-order valence-corrected chi connectivity index (χ1v) is 7.87. The molecule has 0 radical (unpaired) electrons. The Bertz CT molecular complexity index is 862. The summed E-state index contributed by atoms with van der Waals surface area (Å²) in [6.45, 7) is 0. The van der Waals surface area contributed by atoms with Gasteiger partial charge in [0.1, 0.15) is 0 Å². The molecule has 0 saturated carbocycles. The van der Waals surface area contributed by atoms with Gasteiger partial charge in [-0.1, -0.05) is 36.4 Å². The molecule has 0 bridgehead atoms. The van der Waals surface area contributed by atoms with Crippen LogP contribution >= 0.6 is 0 Å². The number of sulfonamides is 1. The van der Waals surface area contributed by atoms with Crippen LogP contribution in [0.15, 0.2) is 63.9 Å². The van der Waals surface area contributed by atoms with Crippen molar-refractivity contribution in [1.82, 2.24) is 5.32 Å². The number of hydrogen-bond acceptors (Lipinski definition) is 4. The van der Waals surface area contributed by atoms with Gasteiger partial charge >= 0.3 is 0 Å². The van der Waals surface area contributed by atoms with Gasteiger partial charge in [-0.2, -0.15) is 12.8 Å². The molecular formula is C15H12N2O4S. The van der Waals surface area contributed by atoms with Crippen molar-refractivity contribution < 1.29 is 18.3 Å². The molecule has 0 aromatic heterocycles. The quantitative estimate of drug-likeness (QED) is 0.809. The summed E-state index contributed by atoms with van der Waals surface area (Å²) in [5.41, 5.74) is -1.57. The molecule has 0 saturated heterocycles. The second-order valence-corrected chi connectivity index (χ2v) is 6.39. The highest BCUT2D eigenvalue weighted by Gasteiger charge is 2.39. The van der Waals surface area contributed by atoms with Crippen LogP contribution in [0.25, 0.3) is 0 Å². The van der Waals surface area contributed by atoms with Crippen LogP contribution in [0.5, 0.6) is 0 Å². The third-order valence-electron chi connectivity index (χ3n) is 3.29. The summed E-state index contributed by atoms with van der Waals surface area (Å²) in [6, 6.07) is 14.2. The summed E-state index contributed by atoms with van der Waals surface area (Å²) in [5.74, 6) is -0.538. The zero-order valence-corrected chi connectivity index (χ0v) is 12.1. The van der Waals surface area contributed by atoms with Crippen molar-refractivity contribution in [2.45, 2.75) is 10.6 Å². The largest absolute Gasteiger partial charge is 0.362 e. The van der Waals surface area contributed by atoms with E-state index in [0.717, 1.165) is 6.21 Å². The second-order valence-electron chi connectivity index (χ2n) is 4.79. The van der Waals surface area contributed by atoms with Crippen LogP contribution in [0.4, 0.5) is 0 Å². The second kappa shape index (κ2) is 5.04. The number of hydrogen-bond donors (Lipinski definition) is 2.